The van der Waals surface area contributed by atoms with Crippen LogP contribution in [0.3, 0.4) is 0 Å². The Kier molecular flexibility index (Phi) is 8.16. The van der Waals surface area contributed by atoms with Crippen molar-refractivity contribution in [1.29, 1.82) is 0 Å². The van der Waals surface area contributed by atoms with Crippen LogP contribution in [0, 0.1) is 6.92 Å². The molecule has 2 aromatic carbocycles. The first kappa shape index (κ1) is 19.7. The van der Waals surface area contributed by atoms with Crippen molar-refractivity contribution in [1.82, 2.24) is 0 Å². The minimum absolute atomic E-state index is 0.842. The monoisotopic (exact) mass is 358 g/mol. The van der Waals surface area contributed by atoms with E-state index in [1.54, 1.807) is 0 Å². The van der Waals surface area contributed by atoms with Crippen molar-refractivity contribution in [3.05, 3.63) is 48.0 Å². The molecule has 2 N–H and O–H groups in total. The smallest absolute Gasteiger partial charge is 0.165 e. The lowest BCUT2D eigenvalue weighted by Crippen LogP contribution is -2.26. The quantitative estimate of drug-likeness (QED) is 0.516. The van der Waals surface area contributed by atoms with E-state index in [9.17, 15) is 0 Å². The molecule has 136 valence electrons. The molecule has 0 bridgehead atoms. The van der Waals surface area contributed by atoms with Gasteiger partial charge in [-0.25, -0.2) is 0 Å². The SMILES string of the molecule is CCCCN(CCCC)c1cc(C)cc(SN)c1Oc1ccccc1. The normalized spacial score (nSPS) is 10.7. The molecule has 0 saturated heterocycles. The first-order valence-corrected chi connectivity index (χ1v) is 10.1. The molecule has 0 aliphatic rings. The van der Waals surface area contributed by atoms with Crippen LogP contribution in [-0.2, 0) is 0 Å². The van der Waals surface area contributed by atoms with Crippen molar-refractivity contribution in [2.75, 3.05) is 18.0 Å². The van der Waals surface area contributed by atoms with E-state index in [2.05, 4.69) is 37.8 Å². The number of ether oxygens (including phenoxy) is 1. The van der Waals surface area contributed by atoms with Gasteiger partial charge in [0.15, 0.2) is 5.75 Å². The number of rotatable bonds is 10. The second-order valence-corrected chi connectivity index (χ2v) is 7.01. The van der Waals surface area contributed by atoms with Gasteiger partial charge in [-0.1, -0.05) is 44.9 Å². The summed E-state index contributed by atoms with van der Waals surface area (Å²) in [6, 6.07) is 14.3. The van der Waals surface area contributed by atoms with Crippen LogP contribution < -0.4 is 14.8 Å². The average Bonchev–Trinajstić information content (AvgIpc) is 2.64. The van der Waals surface area contributed by atoms with E-state index in [0.29, 0.717) is 0 Å². The second kappa shape index (κ2) is 10.4. The minimum atomic E-state index is 0.842. The van der Waals surface area contributed by atoms with Crippen molar-refractivity contribution in [3.8, 4) is 11.5 Å². The summed E-state index contributed by atoms with van der Waals surface area (Å²) in [6.45, 7) is 8.67. The summed E-state index contributed by atoms with van der Waals surface area (Å²) in [4.78, 5) is 3.44. The van der Waals surface area contributed by atoms with Crippen LogP contribution in [0.2, 0.25) is 0 Å². The van der Waals surface area contributed by atoms with Crippen LogP contribution in [0.5, 0.6) is 11.5 Å². The molecule has 0 aliphatic carbocycles. The molecule has 0 amide bonds. The van der Waals surface area contributed by atoms with Crippen molar-refractivity contribution >= 4 is 17.6 Å². The molecule has 0 heterocycles. The number of nitrogens with zero attached hydrogens (tertiary/aromatic N) is 1. The highest BCUT2D eigenvalue weighted by Crippen LogP contribution is 2.40. The van der Waals surface area contributed by atoms with Gasteiger partial charge >= 0.3 is 0 Å². The first-order chi connectivity index (χ1) is 12.2. The van der Waals surface area contributed by atoms with Gasteiger partial charge in [0.25, 0.3) is 0 Å². The zero-order chi connectivity index (χ0) is 18.1. The van der Waals surface area contributed by atoms with Gasteiger partial charge in [-0.2, -0.15) is 0 Å². The molecule has 0 aliphatic heterocycles. The molecular weight excluding hydrogens is 328 g/mol. The van der Waals surface area contributed by atoms with E-state index in [0.717, 1.165) is 35.2 Å². The largest absolute Gasteiger partial charge is 0.454 e. The molecule has 0 atom stereocenters. The summed E-state index contributed by atoms with van der Waals surface area (Å²) in [6.07, 6.45) is 4.71. The Morgan fingerprint density at radius 1 is 1.00 bits per heavy atom. The maximum absolute atomic E-state index is 6.28. The zero-order valence-electron chi connectivity index (χ0n) is 15.6. The highest BCUT2D eigenvalue weighted by molar-refractivity contribution is 7.97. The van der Waals surface area contributed by atoms with E-state index in [1.807, 2.05) is 30.3 Å². The molecule has 4 heteroatoms. The topological polar surface area (TPSA) is 38.5 Å². The van der Waals surface area contributed by atoms with E-state index >= 15 is 0 Å². The standard InChI is InChI=1S/C21H30N2OS/c1-4-6-13-23(14-7-5-2)19-15-17(3)16-20(25-22)21(19)24-18-11-9-8-10-12-18/h8-12,15-16H,4-7,13-14,22H2,1-3H3. The highest BCUT2D eigenvalue weighted by atomic mass is 32.2. The Labute approximate surface area is 156 Å². The van der Waals surface area contributed by atoms with Crippen molar-refractivity contribution in [2.45, 2.75) is 51.3 Å². The van der Waals surface area contributed by atoms with Gasteiger partial charge in [0.05, 0.1) is 10.6 Å². The summed E-state index contributed by atoms with van der Waals surface area (Å²) >= 11 is 1.26. The number of hydrogen-bond donors (Lipinski definition) is 1. The fraction of sp³-hybridized carbons (Fsp3) is 0.429. The molecule has 25 heavy (non-hydrogen) atoms. The van der Waals surface area contributed by atoms with Gasteiger partial charge in [-0.05, 0) is 61.5 Å². The van der Waals surface area contributed by atoms with Crippen molar-refractivity contribution in [3.63, 3.8) is 0 Å². The van der Waals surface area contributed by atoms with Gasteiger partial charge in [-0.15, -0.1) is 0 Å². The van der Waals surface area contributed by atoms with E-state index < -0.39 is 0 Å². The molecule has 0 unspecified atom stereocenters. The second-order valence-electron chi connectivity index (χ2n) is 6.34. The summed E-state index contributed by atoms with van der Waals surface area (Å²) in [5, 5.41) is 5.96. The fourth-order valence-corrected chi connectivity index (χ4v) is 3.31. The number of benzene rings is 2. The van der Waals surface area contributed by atoms with Crippen LogP contribution >= 0.6 is 11.9 Å². The van der Waals surface area contributed by atoms with Gasteiger partial charge in [0.2, 0.25) is 0 Å². The van der Waals surface area contributed by atoms with Crippen LogP contribution in [0.15, 0.2) is 47.4 Å². The third-order valence-electron chi connectivity index (χ3n) is 4.17. The van der Waals surface area contributed by atoms with Gasteiger partial charge in [-0.3, -0.25) is 5.14 Å². The third kappa shape index (κ3) is 5.68. The van der Waals surface area contributed by atoms with Gasteiger partial charge in [0, 0.05) is 13.1 Å². The number of hydrogen-bond acceptors (Lipinski definition) is 4. The Bertz CT molecular complexity index is 638. The number of unbranched alkanes of at least 4 members (excludes halogenated alkanes) is 2. The lowest BCUT2D eigenvalue weighted by atomic mass is 10.1. The zero-order valence-corrected chi connectivity index (χ0v) is 16.4. The minimum Gasteiger partial charge on any atom is -0.454 e. The molecule has 0 saturated carbocycles. The number of anilines is 1. The molecular formula is C21H30N2OS. The van der Waals surface area contributed by atoms with Crippen molar-refractivity contribution in [2.24, 2.45) is 5.14 Å². The van der Waals surface area contributed by atoms with E-state index in [4.69, 9.17) is 9.88 Å². The first-order valence-electron chi connectivity index (χ1n) is 9.18. The molecule has 0 aromatic heterocycles. The highest BCUT2D eigenvalue weighted by Gasteiger charge is 2.18. The molecule has 0 radical (unpaired) electrons. The third-order valence-corrected chi connectivity index (χ3v) is 4.73. The number of nitrogens with two attached hydrogens (primary N) is 1. The van der Waals surface area contributed by atoms with Crippen LogP contribution in [0.4, 0.5) is 5.69 Å². The maximum Gasteiger partial charge on any atom is 0.165 e. The lowest BCUT2D eigenvalue weighted by molar-refractivity contribution is 0.468. The summed E-state index contributed by atoms with van der Waals surface area (Å²) < 4.78 is 6.28. The summed E-state index contributed by atoms with van der Waals surface area (Å²) in [5.41, 5.74) is 2.36. The Hall–Kier alpha value is -1.65. The predicted molar refractivity (Wildman–Crippen MR) is 110 cm³/mol. The van der Waals surface area contributed by atoms with Crippen LogP contribution in [-0.4, -0.2) is 13.1 Å². The predicted octanol–water partition coefficient (Wildman–Crippen LogP) is 6.16. The van der Waals surface area contributed by atoms with Gasteiger partial charge < -0.3 is 9.64 Å². The number of para-hydroxylation sites is 1. The summed E-state index contributed by atoms with van der Waals surface area (Å²) in [7, 11) is 0. The van der Waals surface area contributed by atoms with Crippen molar-refractivity contribution < 1.29 is 4.74 Å². The summed E-state index contributed by atoms with van der Waals surface area (Å²) in [5.74, 6) is 1.71. The van der Waals surface area contributed by atoms with Crippen LogP contribution in [0.25, 0.3) is 0 Å². The lowest BCUT2D eigenvalue weighted by Gasteiger charge is -2.28. The Balaban J connectivity index is 2.43. The number of aryl methyl sites for hydroxylation is 1. The van der Waals surface area contributed by atoms with Crippen LogP contribution in [0.1, 0.15) is 45.1 Å². The molecule has 0 spiro atoms. The maximum atomic E-state index is 6.28. The van der Waals surface area contributed by atoms with Gasteiger partial charge in [0.1, 0.15) is 5.75 Å². The Morgan fingerprint density at radius 3 is 2.20 bits per heavy atom. The molecule has 2 rings (SSSR count). The fourth-order valence-electron chi connectivity index (χ4n) is 2.80. The van der Waals surface area contributed by atoms with E-state index in [1.165, 1.54) is 43.2 Å². The molecule has 0 fully saturated rings. The molecule has 2 aromatic rings. The van der Waals surface area contributed by atoms with E-state index in [-0.39, 0.29) is 0 Å². The Morgan fingerprint density at radius 2 is 1.64 bits per heavy atom. The molecule has 3 nitrogen and oxygen atoms in total. The average molecular weight is 359 g/mol.